The van der Waals surface area contributed by atoms with Crippen LogP contribution >= 0.6 is 11.6 Å². The highest BCUT2D eigenvalue weighted by Gasteiger charge is 2.23. The van der Waals surface area contributed by atoms with Gasteiger partial charge in [0.1, 0.15) is 0 Å². The highest BCUT2D eigenvalue weighted by Crippen LogP contribution is 2.31. The van der Waals surface area contributed by atoms with Gasteiger partial charge in [-0.2, -0.15) is 0 Å². The highest BCUT2D eigenvalue weighted by atomic mass is 35.5. The molecule has 0 amide bonds. The summed E-state index contributed by atoms with van der Waals surface area (Å²) >= 11 is 6.10. The van der Waals surface area contributed by atoms with Crippen molar-refractivity contribution in [2.45, 2.75) is 20.3 Å². The minimum absolute atomic E-state index is 0.633. The van der Waals surface area contributed by atoms with Gasteiger partial charge in [-0.05, 0) is 42.0 Å². The van der Waals surface area contributed by atoms with Gasteiger partial charge >= 0.3 is 5.97 Å². The normalized spacial score (nSPS) is 23.2. The van der Waals surface area contributed by atoms with Gasteiger partial charge in [0.05, 0.1) is 0 Å². The van der Waals surface area contributed by atoms with Crippen molar-refractivity contribution in [1.82, 2.24) is 0 Å². The maximum Gasteiger partial charge on any atom is 0.328 e. The topological polar surface area (TPSA) is 40.5 Å². The lowest BCUT2D eigenvalue weighted by molar-refractivity contribution is -0.131. The molecule has 1 heterocycles. The largest absolute Gasteiger partial charge is 0.478 e. The molecule has 2 unspecified atom stereocenters. The standard InChI is InChI=1S/C16H20ClNO2/c1-11-7-12(2)10-18(9-11)15-8-14(17)5-3-13(15)4-6-16(19)20/h3-6,8,11-12H,7,9-10H2,1-2H3,(H,19,20)/b6-4+. The van der Waals surface area contributed by atoms with Crippen molar-refractivity contribution in [1.29, 1.82) is 0 Å². The number of carboxylic acids is 1. The average molecular weight is 294 g/mol. The van der Waals surface area contributed by atoms with E-state index in [4.69, 9.17) is 16.7 Å². The molecule has 3 nitrogen and oxygen atoms in total. The molecule has 4 heteroatoms. The lowest BCUT2D eigenvalue weighted by Crippen LogP contribution is -2.39. The molecule has 108 valence electrons. The molecule has 0 spiro atoms. The Bertz CT molecular complexity index is 517. The molecule has 20 heavy (non-hydrogen) atoms. The van der Waals surface area contributed by atoms with E-state index >= 15 is 0 Å². The third-order valence-electron chi connectivity index (χ3n) is 3.61. The third-order valence-corrected chi connectivity index (χ3v) is 3.84. The summed E-state index contributed by atoms with van der Waals surface area (Å²) in [7, 11) is 0. The Labute approximate surface area is 124 Å². The van der Waals surface area contributed by atoms with Crippen LogP contribution in [0.25, 0.3) is 6.08 Å². The van der Waals surface area contributed by atoms with Gasteiger partial charge in [-0.15, -0.1) is 0 Å². The number of rotatable bonds is 3. The Hall–Kier alpha value is -1.48. The molecule has 1 fully saturated rings. The maximum absolute atomic E-state index is 10.7. The van der Waals surface area contributed by atoms with Crippen molar-refractivity contribution in [2.75, 3.05) is 18.0 Å². The van der Waals surface area contributed by atoms with E-state index in [-0.39, 0.29) is 0 Å². The van der Waals surface area contributed by atoms with Gasteiger partial charge in [-0.3, -0.25) is 0 Å². The van der Waals surface area contributed by atoms with Crippen LogP contribution in [0.2, 0.25) is 5.02 Å². The smallest absolute Gasteiger partial charge is 0.328 e. The van der Waals surface area contributed by atoms with E-state index in [9.17, 15) is 4.79 Å². The van der Waals surface area contributed by atoms with Crippen LogP contribution in [0.3, 0.4) is 0 Å². The predicted octanol–water partition coefficient (Wildman–Crippen LogP) is 3.92. The number of anilines is 1. The van der Waals surface area contributed by atoms with Gasteiger partial charge in [0.25, 0.3) is 0 Å². The van der Waals surface area contributed by atoms with Crippen molar-refractivity contribution in [3.63, 3.8) is 0 Å². The Morgan fingerprint density at radius 2 is 2.00 bits per heavy atom. The summed E-state index contributed by atoms with van der Waals surface area (Å²) in [6.45, 7) is 6.47. The van der Waals surface area contributed by atoms with E-state index in [1.54, 1.807) is 12.1 Å². The number of piperidine rings is 1. The van der Waals surface area contributed by atoms with Gasteiger partial charge in [0.15, 0.2) is 0 Å². The Morgan fingerprint density at radius 3 is 2.60 bits per heavy atom. The molecular formula is C16H20ClNO2. The molecule has 1 aliphatic rings. The lowest BCUT2D eigenvalue weighted by atomic mass is 9.91. The van der Waals surface area contributed by atoms with Crippen LogP contribution in [-0.4, -0.2) is 24.2 Å². The van der Waals surface area contributed by atoms with E-state index in [0.29, 0.717) is 16.9 Å². The van der Waals surface area contributed by atoms with Crippen molar-refractivity contribution in [3.8, 4) is 0 Å². The number of aliphatic carboxylic acids is 1. The minimum Gasteiger partial charge on any atom is -0.478 e. The molecular weight excluding hydrogens is 274 g/mol. The number of halogens is 1. The van der Waals surface area contributed by atoms with E-state index in [1.165, 1.54) is 12.5 Å². The van der Waals surface area contributed by atoms with Crippen molar-refractivity contribution in [2.24, 2.45) is 11.8 Å². The average Bonchev–Trinajstić information content (AvgIpc) is 2.36. The summed E-state index contributed by atoms with van der Waals surface area (Å²) < 4.78 is 0. The number of nitrogens with zero attached hydrogens (tertiary/aromatic N) is 1. The second kappa shape index (κ2) is 6.31. The van der Waals surface area contributed by atoms with Crippen molar-refractivity contribution in [3.05, 3.63) is 34.9 Å². The van der Waals surface area contributed by atoms with Crippen LogP contribution in [-0.2, 0) is 4.79 Å². The Balaban J connectivity index is 2.33. The monoisotopic (exact) mass is 293 g/mol. The van der Waals surface area contributed by atoms with Gasteiger partial charge in [0.2, 0.25) is 0 Å². The molecule has 1 aromatic rings. The quantitative estimate of drug-likeness (QED) is 0.859. The summed E-state index contributed by atoms with van der Waals surface area (Å²) in [5.41, 5.74) is 1.92. The summed E-state index contributed by atoms with van der Waals surface area (Å²) in [5, 5.41) is 9.47. The third kappa shape index (κ3) is 3.76. The Morgan fingerprint density at radius 1 is 1.35 bits per heavy atom. The number of hydrogen-bond donors (Lipinski definition) is 1. The number of carboxylic acid groups (broad SMARTS) is 1. The Kier molecular flexibility index (Phi) is 4.71. The fourth-order valence-electron chi connectivity index (χ4n) is 2.95. The number of carbonyl (C=O) groups is 1. The molecule has 0 radical (unpaired) electrons. The molecule has 2 atom stereocenters. The fraction of sp³-hybridized carbons (Fsp3) is 0.438. The van der Waals surface area contributed by atoms with Gasteiger partial charge in [-0.25, -0.2) is 4.79 Å². The molecule has 1 aromatic carbocycles. The fourth-order valence-corrected chi connectivity index (χ4v) is 3.12. The second-order valence-corrected chi connectivity index (χ2v) is 6.16. The predicted molar refractivity (Wildman–Crippen MR) is 83.3 cm³/mol. The van der Waals surface area contributed by atoms with Crippen LogP contribution in [0.15, 0.2) is 24.3 Å². The summed E-state index contributed by atoms with van der Waals surface area (Å²) in [6.07, 6.45) is 4.04. The molecule has 2 rings (SSSR count). The first-order valence-corrected chi connectivity index (χ1v) is 7.29. The molecule has 0 aliphatic carbocycles. The number of benzene rings is 1. The van der Waals surface area contributed by atoms with Crippen LogP contribution in [0.5, 0.6) is 0 Å². The first kappa shape index (κ1) is 14.9. The zero-order chi connectivity index (χ0) is 14.7. The molecule has 1 N–H and O–H groups in total. The van der Waals surface area contributed by atoms with E-state index in [2.05, 4.69) is 18.7 Å². The van der Waals surface area contributed by atoms with Gasteiger partial charge in [0, 0.05) is 29.9 Å². The SMILES string of the molecule is CC1CC(C)CN(c2cc(Cl)ccc2/C=C/C(=O)O)C1. The maximum atomic E-state index is 10.7. The van der Waals surface area contributed by atoms with E-state index in [0.717, 1.165) is 24.3 Å². The summed E-state index contributed by atoms with van der Waals surface area (Å²) in [4.78, 5) is 13.0. The van der Waals surface area contributed by atoms with Crippen molar-refractivity contribution < 1.29 is 9.90 Å². The zero-order valence-electron chi connectivity index (χ0n) is 11.8. The summed E-state index contributed by atoms with van der Waals surface area (Å²) in [5.74, 6) is 0.328. The van der Waals surface area contributed by atoms with E-state index in [1.807, 2.05) is 12.1 Å². The molecule has 0 saturated carbocycles. The van der Waals surface area contributed by atoms with Crippen LogP contribution in [0.1, 0.15) is 25.8 Å². The lowest BCUT2D eigenvalue weighted by Gasteiger charge is -2.37. The summed E-state index contributed by atoms with van der Waals surface area (Å²) in [6, 6.07) is 5.60. The van der Waals surface area contributed by atoms with Gasteiger partial charge in [-0.1, -0.05) is 31.5 Å². The van der Waals surface area contributed by atoms with Gasteiger partial charge < -0.3 is 10.0 Å². The first-order valence-electron chi connectivity index (χ1n) is 6.91. The van der Waals surface area contributed by atoms with E-state index < -0.39 is 5.97 Å². The second-order valence-electron chi connectivity index (χ2n) is 5.73. The molecule has 1 aliphatic heterocycles. The first-order chi connectivity index (χ1) is 9.45. The minimum atomic E-state index is -0.939. The molecule has 0 bridgehead atoms. The van der Waals surface area contributed by atoms with Crippen LogP contribution in [0, 0.1) is 11.8 Å². The number of hydrogen-bond acceptors (Lipinski definition) is 2. The molecule has 1 saturated heterocycles. The zero-order valence-corrected chi connectivity index (χ0v) is 12.6. The van der Waals surface area contributed by atoms with Crippen LogP contribution in [0.4, 0.5) is 5.69 Å². The van der Waals surface area contributed by atoms with Crippen LogP contribution < -0.4 is 4.90 Å². The highest BCUT2D eigenvalue weighted by molar-refractivity contribution is 6.31. The molecule has 0 aromatic heterocycles. The van der Waals surface area contributed by atoms with Crippen molar-refractivity contribution >= 4 is 29.3 Å².